The zero-order valence-electron chi connectivity index (χ0n) is 15.3. The molecule has 0 aliphatic carbocycles. The lowest BCUT2D eigenvalue weighted by molar-refractivity contribution is -0.150. The number of rotatable bonds is 6. The molecule has 2 aromatic rings. The van der Waals surface area contributed by atoms with Crippen molar-refractivity contribution in [2.24, 2.45) is 0 Å². The van der Waals surface area contributed by atoms with Gasteiger partial charge in [-0.15, -0.1) is 0 Å². The summed E-state index contributed by atoms with van der Waals surface area (Å²) < 4.78 is 10.00. The Bertz CT molecular complexity index is 903. The Morgan fingerprint density at radius 3 is 2.11 bits per heavy atom. The van der Waals surface area contributed by atoms with Gasteiger partial charge in [0.2, 0.25) is 0 Å². The highest BCUT2D eigenvalue weighted by atomic mass is 16.5. The van der Waals surface area contributed by atoms with Gasteiger partial charge in [0, 0.05) is 5.69 Å². The molecule has 0 aromatic heterocycles. The van der Waals surface area contributed by atoms with Crippen LogP contribution < -0.4 is 10.1 Å². The number of hydrogen-bond acceptors (Lipinski definition) is 6. The first kappa shape index (κ1) is 19.1. The van der Waals surface area contributed by atoms with E-state index in [1.807, 2.05) is 0 Å². The van der Waals surface area contributed by atoms with Crippen LogP contribution in [-0.4, -0.2) is 48.3 Å². The molecule has 1 atom stereocenters. The largest absolute Gasteiger partial charge is 0.497 e. The molecule has 1 unspecified atom stereocenters. The van der Waals surface area contributed by atoms with Gasteiger partial charge in [-0.25, -0.2) is 4.79 Å². The van der Waals surface area contributed by atoms with Gasteiger partial charge in [0.15, 0.2) is 6.61 Å². The Hall–Kier alpha value is -3.68. The van der Waals surface area contributed by atoms with Gasteiger partial charge < -0.3 is 14.8 Å². The standard InChI is InChI=1S/C20H18N2O6/c1-12(22-18(24)15-5-3-4-6-16(15)19(22)25)20(26)28-11-17(23)21-13-7-9-14(27-2)10-8-13/h3-10,12H,11H2,1-2H3,(H,21,23). The van der Waals surface area contributed by atoms with Crippen molar-refractivity contribution in [3.05, 3.63) is 59.7 Å². The van der Waals surface area contributed by atoms with Gasteiger partial charge in [0.25, 0.3) is 17.7 Å². The van der Waals surface area contributed by atoms with Gasteiger partial charge in [0.05, 0.1) is 18.2 Å². The maximum Gasteiger partial charge on any atom is 0.329 e. The molecule has 0 saturated carbocycles. The molecule has 3 rings (SSSR count). The third-order valence-corrected chi connectivity index (χ3v) is 4.27. The molecular weight excluding hydrogens is 364 g/mol. The number of methoxy groups -OCH3 is 1. The predicted octanol–water partition coefficient (Wildman–Crippen LogP) is 1.86. The molecule has 0 fully saturated rings. The summed E-state index contributed by atoms with van der Waals surface area (Å²) >= 11 is 0. The number of amides is 3. The van der Waals surface area contributed by atoms with Gasteiger partial charge >= 0.3 is 5.97 Å². The van der Waals surface area contributed by atoms with E-state index in [1.165, 1.54) is 26.2 Å². The first-order valence-electron chi connectivity index (χ1n) is 8.50. The second kappa shape index (κ2) is 7.91. The molecule has 0 bridgehead atoms. The minimum atomic E-state index is -1.15. The third kappa shape index (κ3) is 3.71. The van der Waals surface area contributed by atoms with Crippen molar-refractivity contribution in [2.45, 2.75) is 13.0 Å². The number of fused-ring (bicyclic) bond motifs is 1. The summed E-state index contributed by atoms with van der Waals surface area (Å²) in [5, 5.41) is 2.57. The number of carbonyl (C=O) groups excluding carboxylic acids is 4. The first-order valence-corrected chi connectivity index (χ1v) is 8.50. The van der Waals surface area contributed by atoms with Crippen LogP contribution in [0, 0.1) is 0 Å². The summed E-state index contributed by atoms with van der Waals surface area (Å²) in [6.07, 6.45) is 0. The van der Waals surface area contributed by atoms with Crippen molar-refractivity contribution < 1.29 is 28.7 Å². The van der Waals surface area contributed by atoms with E-state index in [2.05, 4.69) is 5.32 Å². The van der Waals surface area contributed by atoms with E-state index in [0.717, 1.165) is 4.90 Å². The summed E-state index contributed by atoms with van der Waals surface area (Å²) in [5.41, 5.74) is 0.990. The zero-order chi connectivity index (χ0) is 20.3. The van der Waals surface area contributed by atoms with Gasteiger partial charge in [-0.2, -0.15) is 0 Å². The van der Waals surface area contributed by atoms with Gasteiger partial charge in [-0.1, -0.05) is 12.1 Å². The second-order valence-electron chi connectivity index (χ2n) is 6.09. The first-order chi connectivity index (χ1) is 13.4. The number of esters is 1. The molecule has 0 spiro atoms. The Balaban J connectivity index is 1.56. The number of imide groups is 1. The Morgan fingerprint density at radius 1 is 1.00 bits per heavy atom. The van der Waals surface area contributed by atoms with Gasteiger partial charge in [-0.3, -0.25) is 19.3 Å². The number of nitrogens with one attached hydrogen (secondary N) is 1. The summed E-state index contributed by atoms with van der Waals surface area (Å²) in [4.78, 5) is 49.8. The molecule has 8 heteroatoms. The van der Waals surface area contributed by atoms with Crippen molar-refractivity contribution in [3.8, 4) is 5.75 Å². The van der Waals surface area contributed by atoms with Crippen LogP contribution in [-0.2, 0) is 14.3 Å². The topological polar surface area (TPSA) is 102 Å². The molecule has 1 aliphatic heterocycles. The number of carbonyl (C=O) groups is 4. The number of benzene rings is 2. The summed E-state index contributed by atoms with van der Waals surface area (Å²) in [6, 6.07) is 11.8. The maximum absolute atomic E-state index is 12.4. The van der Waals surface area contributed by atoms with Crippen LogP contribution in [0.3, 0.4) is 0 Å². The summed E-state index contributed by atoms with van der Waals surface area (Å²) in [6.45, 7) is 0.837. The van der Waals surface area contributed by atoms with Crippen molar-refractivity contribution in [1.29, 1.82) is 0 Å². The summed E-state index contributed by atoms with van der Waals surface area (Å²) in [7, 11) is 1.53. The minimum absolute atomic E-state index is 0.240. The highest BCUT2D eigenvalue weighted by Crippen LogP contribution is 2.24. The van der Waals surface area contributed by atoms with Crippen molar-refractivity contribution in [3.63, 3.8) is 0 Å². The Morgan fingerprint density at radius 2 is 1.57 bits per heavy atom. The second-order valence-corrected chi connectivity index (χ2v) is 6.09. The van der Waals surface area contributed by atoms with Crippen LogP contribution in [0.15, 0.2) is 48.5 Å². The van der Waals surface area contributed by atoms with Crippen LogP contribution in [0.1, 0.15) is 27.6 Å². The van der Waals surface area contributed by atoms with Crippen LogP contribution >= 0.6 is 0 Å². The Labute approximate surface area is 161 Å². The lowest BCUT2D eigenvalue weighted by Gasteiger charge is -2.20. The van der Waals surface area contributed by atoms with E-state index in [0.29, 0.717) is 11.4 Å². The molecule has 1 aliphatic rings. The fraction of sp³-hybridized carbons (Fsp3) is 0.200. The molecule has 1 heterocycles. The van der Waals surface area contributed by atoms with Gasteiger partial charge in [0.1, 0.15) is 11.8 Å². The number of anilines is 1. The third-order valence-electron chi connectivity index (χ3n) is 4.27. The lowest BCUT2D eigenvalue weighted by atomic mass is 10.1. The van der Waals surface area contributed by atoms with Crippen LogP contribution in [0.5, 0.6) is 5.75 Å². The van der Waals surface area contributed by atoms with Crippen LogP contribution in [0.25, 0.3) is 0 Å². The molecule has 28 heavy (non-hydrogen) atoms. The highest BCUT2D eigenvalue weighted by molar-refractivity contribution is 6.22. The molecule has 144 valence electrons. The quantitative estimate of drug-likeness (QED) is 0.604. The molecule has 1 N–H and O–H groups in total. The Kier molecular flexibility index (Phi) is 5.39. The van der Waals surface area contributed by atoms with E-state index >= 15 is 0 Å². The van der Waals surface area contributed by atoms with Crippen molar-refractivity contribution in [1.82, 2.24) is 4.90 Å². The van der Waals surface area contributed by atoms with Gasteiger partial charge in [-0.05, 0) is 43.3 Å². The molecule has 2 aromatic carbocycles. The smallest absolute Gasteiger partial charge is 0.329 e. The SMILES string of the molecule is COc1ccc(NC(=O)COC(=O)C(C)N2C(=O)c3ccccc3C2=O)cc1. The molecule has 8 nitrogen and oxygen atoms in total. The highest BCUT2D eigenvalue weighted by Gasteiger charge is 2.41. The van der Waals surface area contributed by atoms with Crippen molar-refractivity contribution >= 4 is 29.4 Å². The molecular formula is C20H18N2O6. The predicted molar refractivity (Wildman–Crippen MR) is 99.0 cm³/mol. The summed E-state index contributed by atoms with van der Waals surface area (Å²) in [5.74, 6) is -1.88. The average Bonchev–Trinajstić information content (AvgIpc) is 2.97. The van der Waals surface area contributed by atoms with Crippen LogP contribution in [0.4, 0.5) is 5.69 Å². The molecule has 0 saturated heterocycles. The number of hydrogen-bond donors (Lipinski definition) is 1. The van der Waals surface area contributed by atoms with E-state index < -0.39 is 36.3 Å². The van der Waals surface area contributed by atoms with E-state index in [-0.39, 0.29) is 11.1 Å². The average molecular weight is 382 g/mol. The normalized spacial score (nSPS) is 13.7. The monoisotopic (exact) mass is 382 g/mol. The zero-order valence-corrected chi connectivity index (χ0v) is 15.3. The minimum Gasteiger partial charge on any atom is -0.497 e. The maximum atomic E-state index is 12.4. The number of nitrogens with zero attached hydrogens (tertiary/aromatic N) is 1. The lowest BCUT2D eigenvalue weighted by Crippen LogP contribution is -2.44. The van der Waals surface area contributed by atoms with E-state index in [4.69, 9.17) is 9.47 Å². The fourth-order valence-electron chi connectivity index (χ4n) is 2.79. The fourth-order valence-corrected chi connectivity index (χ4v) is 2.79. The van der Waals surface area contributed by atoms with Crippen molar-refractivity contribution in [2.75, 3.05) is 19.0 Å². The molecule has 0 radical (unpaired) electrons. The van der Waals surface area contributed by atoms with E-state index in [9.17, 15) is 19.2 Å². The number of ether oxygens (including phenoxy) is 2. The van der Waals surface area contributed by atoms with Crippen LogP contribution in [0.2, 0.25) is 0 Å². The molecule has 3 amide bonds. The van der Waals surface area contributed by atoms with E-state index in [1.54, 1.807) is 36.4 Å².